The molecule has 2 saturated heterocycles. The van der Waals surface area contributed by atoms with Crippen LogP contribution in [0.4, 0.5) is 5.69 Å². The van der Waals surface area contributed by atoms with Crippen LogP contribution in [0.25, 0.3) is 27.9 Å². The number of anilines is 1. The number of halogens is 1. The van der Waals surface area contributed by atoms with Gasteiger partial charge in [0.15, 0.2) is 0 Å². The number of hydrogen-bond donors (Lipinski definition) is 0. The van der Waals surface area contributed by atoms with Gasteiger partial charge in [-0.15, -0.1) is 0 Å². The molecule has 4 nitrogen and oxygen atoms in total. The number of allylic oxidation sites excluding steroid dienone is 1. The Morgan fingerprint density at radius 1 is 0.889 bits per heavy atom. The van der Waals surface area contributed by atoms with Gasteiger partial charge in [0.25, 0.3) is 0 Å². The van der Waals surface area contributed by atoms with E-state index < -0.39 is 0 Å². The zero-order valence-corrected chi connectivity index (χ0v) is 22.2. The quantitative estimate of drug-likeness (QED) is 0.320. The van der Waals surface area contributed by atoms with Gasteiger partial charge in [0.2, 0.25) is 0 Å². The number of rotatable bonds is 8. The van der Waals surface area contributed by atoms with E-state index in [2.05, 4.69) is 77.2 Å². The topological polar surface area (TPSA) is 22.6 Å². The Morgan fingerprint density at radius 2 is 1.58 bits per heavy atom. The van der Waals surface area contributed by atoms with Gasteiger partial charge in [-0.2, -0.15) is 0 Å². The van der Waals surface area contributed by atoms with Gasteiger partial charge in [-0.3, -0.25) is 0 Å². The van der Waals surface area contributed by atoms with Crippen molar-refractivity contribution >= 4 is 33.9 Å². The Balaban J connectivity index is 1.32. The molecule has 0 unspecified atom stereocenters. The summed E-state index contributed by atoms with van der Waals surface area (Å²) in [6.45, 7) is 17.2. The molecule has 36 heavy (non-hydrogen) atoms. The fraction of sp³-hybridized carbons (Fsp3) is 0.387. The zero-order chi connectivity index (χ0) is 25.1. The summed E-state index contributed by atoms with van der Waals surface area (Å²) < 4.78 is 0. The molecule has 0 spiro atoms. The third-order valence-corrected chi connectivity index (χ3v) is 7.97. The van der Waals surface area contributed by atoms with Crippen LogP contribution in [0.2, 0.25) is 5.02 Å². The van der Waals surface area contributed by atoms with Crippen LogP contribution in [0, 0.1) is 0 Å². The number of benzene rings is 2. The predicted octanol–water partition coefficient (Wildman–Crippen LogP) is 7.45. The predicted molar refractivity (Wildman–Crippen MR) is 154 cm³/mol. The molecule has 0 radical (unpaired) electrons. The first-order chi connectivity index (χ1) is 17.5. The minimum atomic E-state index is 0.731. The maximum atomic E-state index is 6.71. The van der Waals surface area contributed by atoms with Crippen LogP contribution in [0.15, 0.2) is 67.4 Å². The van der Waals surface area contributed by atoms with E-state index in [1.807, 2.05) is 6.07 Å². The Hall–Kier alpha value is -2.98. The highest BCUT2D eigenvalue weighted by molar-refractivity contribution is 6.35. The van der Waals surface area contributed by atoms with Gasteiger partial charge in [0.1, 0.15) is 0 Å². The Bertz CT molecular complexity index is 1240. The van der Waals surface area contributed by atoms with Gasteiger partial charge in [0.05, 0.1) is 16.2 Å². The first-order valence-electron chi connectivity index (χ1n) is 13.4. The highest BCUT2D eigenvalue weighted by Crippen LogP contribution is 2.32. The third kappa shape index (κ3) is 5.24. The molecular formula is C31H37ClN4. The Morgan fingerprint density at radius 3 is 2.28 bits per heavy atom. The first-order valence-corrected chi connectivity index (χ1v) is 13.7. The summed E-state index contributed by atoms with van der Waals surface area (Å²) in [5, 5.41) is 1.71. The van der Waals surface area contributed by atoms with Crippen molar-refractivity contribution in [1.82, 2.24) is 14.8 Å². The lowest BCUT2D eigenvalue weighted by Crippen LogP contribution is -2.44. The third-order valence-electron chi connectivity index (χ3n) is 7.65. The van der Waals surface area contributed by atoms with E-state index in [1.165, 1.54) is 37.1 Å². The number of piperazine rings is 1. The Labute approximate surface area is 220 Å². The SMILES string of the molecule is C=C(CCCC)N1CCN(C(=C)c2ccc3c(Cl)cc(-c4ccc(N5CCCC5)cc4)nc3c2)CC1. The van der Waals surface area contributed by atoms with Gasteiger partial charge in [0, 0.05) is 67.3 Å². The maximum absolute atomic E-state index is 6.71. The highest BCUT2D eigenvalue weighted by atomic mass is 35.5. The lowest BCUT2D eigenvalue weighted by molar-refractivity contribution is 0.209. The summed E-state index contributed by atoms with van der Waals surface area (Å²) >= 11 is 6.71. The van der Waals surface area contributed by atoms with Crippen molar-refractivity contribution in [1.29, 1.82) is 0 Å². The summed E-state index contributed by atoms with van der Waals surface area (Å²) in [4.78, 5) is 12.3. The second-order valence-corrected chi connectivity index (χ2v) is 10.5. The Kier molecular flexibility index (Phi) is 7.52. The molecule has 3 heterocycles. The van der Waals surface area contributed by atoms with E-state index in [0.29, 0.717) is 0 Å². The minimum Gasteiger partial charge on any atom is -0.372 e. The second-order valence-electron chi connectivity index (χ2n) is 10.1. The fourth-order valence-electron chi connectivity index (χ4n) is 5.35. The number of aromatic nitrogens is 1. The molecule has 0 N–H and O–H groups in total. The maximum Gasteiger partial charge on any atom is 0.0731 e. The van der Waals surface area contributed by atoms with Crippen molar-refractivity contribution in [3.63, 3.8) is 0 Å². The molecule has 2 aromatic carbocycles. The van der Waals surface area contributed by atoms with Crippen molar-refractivity contribution in [2.45, 2.75) is 39.0 Å². The molecule has 1 aromatic heterocycles. The molecule has 2 aliphatic heterocycles. The molecule has 2 fully saturated rings. The average molecular weight is 501 g/mol. The smallest absolute Gasteiger partial charge is 0.0731 e. The molecular weight excluding hydrogens is 464 g/mol. The van der Waals surface area contributed by atoms with Gasteiger partial charge >= 0.3 is 0 Å². The van der Waals surface area contributed by atoms with Crippen molar-refractivity contribution < 1.29 is 0 Å². The van der Waals surface area contributed by atoms with Crippen LogP contribution in [-0.4, -0.2) is 54.1 Å². The van der Waals surface area contributed by atoms with Crippen LogP contribution in [0.1, 0.15) is 44.6 Å². The first kappa shape index (κ1) is 24.7. The summed E-state index contributed by atoms with van der Waals surface area (Å²) in [5.74, 6) is 0. The monoisotopic (exact) mass is 500 g/mol. The van der Waals surface area contributed by atoms with Gasteiger partial charge < -0.3 is 14.7 Å². The fourth-order valence-corrected chi connectivity index (χ4v) is 5.61. The molecule has 0 aliphatic carbocycles. The van der Waals surface area contributed by atoms with Gasteiger partial charge in [-0.25, -0.2) is 4.98 Å². The summed E-state index contributed by atoms with van der Waals surface area (Å²) in [6.07, 6.45) is 6.07. The van der Waals surface area contributed by atoms with E-state index in [4.69, 9.17) is 16.6 Å². The van der Waals surface area contributed by atoms with E-state index in [1.54, 1.807) is 0 Å². The van der Waals surface area contributed by atoms with Crippen molar-refractivity contribution in [2.24, 2.45) is 0 Å². The zero-order valence-electron chi connectivity index (χ0n) is 21.5. The lowest BCUT2D eigenvalue weighted by Gasteiger charge is -2.39. The summed E-state index contributed by atoms with van der Waals surface area (Å²) in [7, 11) is 0. The number of unbranched alkanes of at least 4 members (excludes halogenated alkanes) is 1. The van der Waals surface area contributed by atoms with Gasteiger partial charge in [-0.05, 0) is 55.5 Å². The summed E-state index contributed by atoms with van der Waals surface area (Å²) in [6, 6.07) is 17.0. The largest absolute Gasteiger partial charge is 0.372 e. The number of fused-ring (bicyclic) bond motifs is 1. The molecule has 5 heteroatoms. The number of hydrogen-bond acceptors (Lipinski definition) is 4. The normalized spacial score (nSPS) is 16.1. The molecule has 188 valence electrons. The van der Waals surface area contributed by atoms with Crippen molar-refractivity contribution in [3.05, 3.63) is 78.0 Å². The van der Waals surface area contributed by atoms with Crippen LogP contribution in [0.3, 0.4) is 0 Å². The molecule has 0 atom stereocenters. The van der Waals surface area contributed by atoms with Crippen LogP contribution < -0.4 is 4.90 Å². The lowest BCUT2D eigenvalue weighted by atomic mass is 10.1. The van der Waals surface area contributed by atoms with Gasteiger partial charge in [-0.1, -0.05) is 62.4 Å². The van der Waals surface area contributed by atoms with E-state index in [9.17, 15) is 0 Å². The molecule has 3 aromatic rings. The number of nitrogens with zero attached hydrogens (tertiary/aromatic N) is 4. The van der Waals surface area contributed by atoms with Crippen LogP contribution in [0.5, 0.6) is 0 Å². The average Bonchev–Trinajstić information content (AvgIpc) is 3.46. The molecule has 2 aliphatic rings. The second kappa shape index (κ2) is 11.0. The van der Waals surface area contributed by atoms with Crippen molar-refractivity contribution in [3.8, 4) is 11.3 Å². The summed E-state index contributed by atoms with van der Waals surface area (Å²) in [5.41, 5.74) is 7.61. The van der Waals surface area contributed by atoms with E-state index in [0.717, 1.165) is 84.1 Å². The molecule has 5 rings (SSSR count). The van der Waals surface area contributed by atoms with E-state index >= 15 is 0 Å². The van der Waals surface area contributed by atoms with Crippen LogP contribution in [-0.2, 0) is 0 Å². The standard InChI is InChI=1S/C31H37ClN4/c1-4-5-8-23(2)34-17-19-35(20-18-34)24(3)26-11-14-28-29(32)22-30(33-31(28)21-26)25-9-12-27(13-10-25)36-15-6-7-16-36/h9-14,21-22H,2-8,15-20H2,1H3. The molecule has 0 amide bonds. The van der Waals surface area contributed by atoms with Crippen LogP contribution >= 0.6 is 11.6 Å². The minimum absolute atomic E-state index is 0.731. The molecule has 0 bridgehead atoms. The van der Waals surface area contributed by atoms with E-state index in [-0.39, 0.29) is 0 Å². The number of pyridine rings is 1. The van der Waals surface area contributed by atoms with Crippen molar-refractivity contribution in [2.75, 3.05) is 44.2 Å². The highest BCUT2D eigenvalue weighted by Gasteiger charge is 2.20. The molecule has 0 saturated carbocycles.